The van der Waals surface area contributed by atoms with E-state index in [4.69, 9.17) is 23.2 Å². The summed E-state index contributed by atoms with van der Waals surface area (Å²) in [5.41, 5.74) is 0.368. The molecule has 0 saturated carbocycles. The summed E-state index contributed by atoms with van der Waals surface area (Å²) < 4.78 is 29.3. The predicted molar refractivity (Wildman–Crippen MR) is 104 cm³/mol. The van der Waals surface area contributed by atoms with E-state index in [1.54, 1.807) is 24.3 Å². The molecule has 152 valence electrons. The molecular weight excluding hydrogens is 425 g/mol. The van der Waals surface area contributed by atoms with E-state index in [0.29, 0.717) is 19.8 Å². The van der Waals surface area contributed by atoms with Gasteiger partial charge in [-0.05, 0) is 35.4 Å². The van der Waals surface area contributed by atoms with Crippen LogP contribution in [0.15, 0.2) is 48.5 Å². The van der Waals surface area contributed by atoms with Gasteiger partial charge in [-0.2, -0.15) is 0 Å². The minimum atomic E-state index is -1.70. The number of carbonyl (C=O) groups is 3. The number of amides is 4. The van der Waals surface area contributed by atoms with Gasteiger partial charge in [-0.25, -0.2) is 13.6 Å². The second kappa shape index (κ2) is 8.88. The van der Waals surface area contributed by atoms with E-state index in [2.05, 4.69) is 0 Å². The summed E-state index contributed by atoms with van der Waals surface area (Å²) in [6.07, 6.45) is -4.05. The number of imide groups is 2. The van der Waals surface area contributed by atoms with E-state index in [0.717, 1.165) is 0 Å². The molecule has 2 atom stereocenters. The molecule has 9 heteroatoms. The van der Waals surface area contributed by atoms with Crippen molar-refractivity contribution in [1.29, 1.82) is 0 Å². The molecule has 0 N–H and O–H groups in total. The minimum absolute atomic E-state index is 0.184. The van der Waals surface area contributed by atoms with Crippen LogP contribution >= 0.6 is 23.2 Å². The summed E-state index contributed by atoms with van der Waals surface area (Å²) in [5, 5.41) is 0.611. The average molecular weight is 441 g/mol. The van der Waals surface area contributed by atoms with Crippen molar-refractivity contribution in [3.05, 3.63) is 69.7 Å². The van der Waals surface area contributed by atoms with Crippen LogP contribution in [0.5, 0.6) is 0 Å². The van der Waals surface area contributed by atoms with Gasteiger partial charge in [0.1, 0.15) is 18.8 Å². The monoisotopic (exact) mass is 440 g/mol. The van der Waals surface area contributed by atoms with Gasteiger partial charge in [0.15, 0.2) is 0 Å². The largest absolute Gasteiger partial charge is 0.333 e. The van der Waals surface area contributed by atoms with Crippen LogP contribution in [0.2, 0.25) is 10.0 Å². The van der Waals surface area contributed by atoms with Gasteiger partial charge >= 0.3 is 6.03 Å². The zero-order valence-corrected chi connectivity index (χ0v) is 16.5. The van der Waals surface area contributed by atoms with Gasteiger partial charge in [0.2, 0.25) is 11.8 Å². The molecule has 0 aliphatic carbocycles. The van der Waals surface area contributed by atoms with Crippen LogP contribution in [0, 0.1) is 0 Å². The zero-order chi connectivity index (χ0) is 21.1. The Kier molecular flexibility index (Phi) is 6.49. The molecule has 1 saturated heterocycles. The normalized spacial score (nSPS) is 16.9. The smallest absolute Gasteiger partial charge is 0.274 e. The highest BCUT2D eigenvalue weighted by Crippen LogP contribution is 2.27. The predicted octanol–water partition coefficient (Wildman–Crippen LogP) is 4.90. The molecule has 3 rings (SSSR count). The molecule has 1 heterocycles. The van der Waals surface area contributed by atoms with E-state index in [1.807, 2.05) is 0 Å². The van der Waals surface area contributed by atoms with Crippen molar-refractivity contribution in [3.63, 3.8) is 0 Å². The molecule has 2 aromatic rings. The second-order valence-corrected chi connectivity index (χ2v) is 7.39. The Morgan fingerprint density at radius 3 is 1.59 bits per heavy atom. The van der Waals surface area contributed by atoms with Crippen molar-refractivity contribution >= 4 is 41.0 Å². The number of urea groups is 1. The number of halogens is 4. The highest BCUT2D eigenvalue weighted by atomic mass is 35.5. The number of carbonyl (C=O) groups excluding carboxylic acids is 3. The molecule has 2 unspecified atom stereocenters. The number of alkyl halides is 2. The number of nitrogens with zero attached hydrogens (tertiary/aromatic N) is 2. The lowest BCUT2D eigenvalue weighted by Crippen LogP contribution is -2.56. The van der Waals surface area contributed by atoms with E-state index in [-0.39, 0.29) is 11.1 Å². The molecule has 4 amide bonds. The van der Waals surface area contributed by atoms with Gasteiger partial charge in [0, 0.05) is 10.0 Å². The fourth-order valence-corrected chi connectivity index (χ4v) is 3.37. The Bertz CT molecular complexity index is 883. The fraction of sp³-hybridized carbons (Fsp3) is 0.250. The van der Waals surface area contributed by atoms with Gasteiger partial charge in [-0.3, -0.25) is 19.4 Å². The topological polar surface area (TPSA) is 57.7 Å². The minimum Gasteiger partial charge on any atom is -0.274 e. The Morgan fingerprint density at radius 2 is 1.21 bits per heavy atom. The Morgan fingerprint density at radius 1 is 0.793 bits per heavy atom. The number of hydrogen-bond acceptors (Lipinski definition) is 3. The summed E-state index contributed by atoms with van der Waals surface area (Å²) in [6, 6.07) is 10.8. The SMILES string of the molecule is O=C1CC(=O)N(CC(F)c2cccc(Cl)c2)C(=O)N1CC(F)c1cccc(Cl)c1. The standard InChI is InChI=1S/C20H16Cl2F2N2O3/c21-14-5-1-3-12(7-14)16(23)10-25-18(27)9-19(28)26(20(25)29)11-17(24)13-4-2-6-15(22)8-13/h1-8,16-17H,9-11H2. The van der Waals surface area contributed by atoms with Gasteiger partial charge in [-0.1, -0.05) is 47.5 Å². The van der Waals surface area contributed by atoms with Crippen LogP contribution in [0.1, 0.15) is 29.9 Å². The summed E-state index contributed by atoms with van der Waals surface area (Å²) in [5.74, 6) is -1.67. The summed E-state index contributed by atoms with van der Waals surface area (Å²) in [7, 11) is 0. The molecule has 1 aliphatic rings. The van der Waals surface area contributed by atoms with Crippen molar-refractivity contribution in [3.8, 4) is 0 Å². The molecule has 5 nitrogen and oxygen atoms in total. The molecule has 0 aromatic heterocycles. The van der Waals surface area contributed by atoms with Gasteiger partial charge in [0.05, 0.1) is 13.1 Å². The van der Waals surface area contributed by atoms with E-state index in [1.165, 1.54) is 24.3 Å². The molecule has 2 aromatic carbocycles. The van der Waals surface area contributed by atoms with Crippen LogP contribution in [0.25, 0.3) is 0 Å². The van der Waals surface area contributed by atoms with Gasteiger partial charge in [-0.15, -0.1) is 0 Å². The molecule has 1 fully saturated rings. The first-order chi connectivity index (χ1) is 13.8. The third-order valence-electron chi connectivity index (χ3n) is 4.47. The molecule has 0 radical (unpaired) electrons. The summed E-state index contributed by atoms with van der Waals surface area (Å²) in [6.45, 7) is -1.20. The van der Waals surface area contributed by atoms with Crippen LogP contribution in [0.3, 0.4) is 0 Å². The number of barbiturate groups is 1. The fourth-order valence-electron chi connectivity index (χ4n) is 2.97. The van der Waals surface area contributed by atoms with E-state index in [9.17, 15) is 23.2 Å². The third-order valence-corrected chi connectivity index (χ3v) is 4.94. The maximum Gasteiger partial charge on any atom is 0.333 e. The maximum absolute atomic E-state index is 14.6. The maximum atomic E-state index is 14.6. The molecule has 29 heavy (non-hydrogen) atoms. The van der Waals surface area contributed by atoms with Crippen molar-refractivity contribution in [1.82, 2.24) is 9.80 Å². The Balaban J connectivity index is 1.75. The Hall–Kier alpha value is -2.51. The summed E-state index contributed by atoms with van der Waals surface area (Å²) in [4.78, 5) is 38.2. The number of hydrogen-bond donors (Lipinski definition) is 0. The molecule has 0 bridgehead atoms. The highest BCUT2D eigenvalue weighted by molar-refractivity contribution is 6.30. The number of rotatable bonds is 6. The first-order valence-corrected chi connectivity index (χ1v) is 9.45. The van der Waals surface area contributed by atoms with Crippen molar-refractivity contribution < 1.29 is 23.2 Å². The zero-order valence-electron chi connectivity index (χ0n) is 15.0. The van der Waals surface area contributed by atoms with Gasteiger partial charge < -0.3 is 0 Å². The average Bonchev–Trinajstić information content (AvgIpc) is 2.68. The molecule has 0 spiro atoms. The lowest BCUT2D eigenvalue weighted by molar-refractivity contribution is -0.143. The quantitative estimate of drug-likeness (QED) is 0.600. The first-order valence-electron chi connectivity index (χ1n) is 8.70. The van der Waals surface area contributed by atoms with Crippen LogP contribution in [0.4, 0.5) is 13.6 Å². The van der Waals surface area contributed by atoms with Crippen LogP contribution < -0.4 is 0 Å². The van der Waals surface area contributed by atoms with Crippen molar-refractivity contribution in [2.24, 2.45) is 0 Å². The second-order valence-electron chi connectivity index (χ2n) is 6.51. The van der Waals surface area contributed by atoms with Crippen molar-refractivity contribution in [2.45, 2.75) is 18.8 Å². The lowest BCUT2D eigenvalue weighted by atomic mass is 10.1. The highest BCUT2D eigenvalue weighted by Gasteiger charge is 2.40. The van der Waals surface area contributed by atoms with Gasteiger partial charge in [0.25, 0.3) is 0 Å². The first kappa shape index (κ1) is 21.2. The molecular formula is C20H16Cl2F2N2O3. The van der Waals surface area contributed by atoms with E-state index >= 15 is 0 Å². The summed E-state index contributed by atoms with van der Waals surface area (Å²) >= 11 is 11.7. The third kappa shape index (κ3) is 4.92. The number of benzene rings is 2. The lowest BCUT2D eigenvalue weighted by Gasteiger charge is -2.34. The van der Waals surface area contributed by atoms with Crippen LogP contribution in [-0.2, 0) is 9.59 Å². The molecule has 1 aliphatic heterocycles. The van der Waals surface area contributed by atoms with Crippen LogP contribution in [-0.4, -0.2) is 40.7 Å². The van der Waals surface area contributed by atoms with E-state index < -0.39 is 49.7 Å². The van der Waals surface area contributed by atoms with Crippen molar-refractivity contribution in [2.75, 3.05) is 13.1 Å². The Labute approximate surface area is 175 Å².